The molecule has 0 aliphatic heterocycles. The summed E-state index contributed by atoms with van der Waals surface area (Å²) < 4.78 is 0. The van der Waals surface area contributed by atoms with Crippen molar-refractivity contribution in [1.29, 1.82) is 0 Å². The van der Waals surface area contributed by atoms with Gasteiger partial charge < -0.3 is 15.4 Å². The molecule has 1 rings (SSSR count). The first-order valence-corrected chi connectivity index (χ1v) is 6.17. The molecule has 0 radical (unpaired) electrons. The van der Waals surface area contributed by atoms with Crippen molar-refractivity contribution < 1.29 is 9.90 Å². The van der Waals surface area contributed by atoms with Crippen molar-refractivity contribution in [2.45, 2.75) is 26.7 Å². The number of carbonyl (C=O) groups is 1. The number of pyridine rings is 1. The number of carbonyl (C=O) groups excluding carboxylic acids is 1. The number of H-pyrrole nitrogens is 1. The first-order chi connectivity index (χ1) is 8.60. The summed E-state index contributed by atoms with van der Waals surface area (Å²) in [5.74, 6) is -0.118. The Morgan fingerprint density at radius 2 is 2.28 bits per heavy atom. The maximum absolute atomic E-state index is 11.9. The number of amides is 1. The van der Waals surface area contributed by atoms with E-state index in [0.717, 1.165) is 6.42 Å². The maximum atomic E-state index is 11.9. The highest BCUT2D eigenvalue weighted by molar-refractivity contribution is 5.95. The van der Waals surface area contributed by atoms with Gasteiger partial charge in [-0.1, -0.05) is 13.3 Å². The van der Waals surface area contributed by atoms with E-state index in [0.29, 0.717) is 18.5 Å². The second-order valence-corrected chi connectivity index (χ2v) is 4.36. The van der Waals surface area contributed by atoms with E-state index in [4.69, 9.17) is 5.11 Å². The molecule has 0 saturated carbocycles. The lowest BCUT2D eigenvalue weighted by Gasteiger charge is -2.14. The van der Waals surface area contributed by atoms with Crippen LogP contribution >= 0.6 is 0 Å². The number of nitrogens with one attached hydrogen (secondary N) is 2. The van der Waals surface area contributed by atoms with Gasteiger partial charge in [-0.05, 0) is 30.9 Å². The molecule has 100 valence electrons. The number of aromatic nitrogens is 1. The fourth-order valence-electron chi connectivity index (χ4n) is 1.82. The van der Waals surface area contributed by atoms with Crippen molar-refractivity contribution in [3.8, 4) is 0 Å². The fourth-order valence-corrected chi connectivity index (χ4v) is 1.82. The third kappa shape index (κ3) is 3.70. The standard InChI is InChI=1S/C13H20N2O3/c1-3-10(5-7-16)8-15-13(18)11-9(2)4-6-14-12(11)17/h4,6,10,16H,3,5,7-8H2,1-2H3,(H,14,17)(H,15,18). The van der Waals surface area contributed by atoms with Crippen LogP contribution in [0.5, 0.6) is 0 Å². The molecule has 18 heavy (non-hydrogen) atoms. The van der Waals surface area contributed by atoms with E-state index < -0.39 is 0 Å². The average Bonchev–Trinajstić information content (AvgIpc) is 2.34. The largest absolute Gasteiger partial charge is 0.396 e. The Balaban J connectivity index is 2.68. The van der Waals surface area contributed by atoms with E-state index in [-0.39, 0.29) is 29.6 Å². The lowest BCUT2D eigenvalue weighted by molar-refractivity contribution is 0.0941. The third-order valence-corrected chi connectivity index (χ3v) is 3.06. The summed E-state index contributed by atoms with van der Waals surface area (Å²) in [5.41, 5.74) is 0.450. The molecule has 1 atom stereocenters. The summed E-state index contributed by atoms with van der Waals surface area (Å²) in [4.78, 5) is 26.0. The van der Waals surface area contributed by atoms with Crippen LogP contribution in [-0.4, -0.2) is 29.1 Å². The van der Waals surface area contributed by atoms with Crippen molar-refractivity contribution in [3.63, 3.8) is 0 Å². The van der Waals surface area contributed by atoms with Gasteiger partial charge in [-0.3, -0.25) is 9.59 Å². The average molecular weight is 252 g/mol. The van der Waals surface area contributed by atoms with E-state index in [1.807, 2.05) is 6.92 Å². The van der Waals surface area contributed by atoms with E-state index in [2.05, 4.69) is 10.3 Å². The molecule has 1 heterocycles. The van der Waals surface area contributed by atoms with Crippen LogP contribution < -0.4 is 10.9 Å². The van der Waals surface area contributed by atoms with Gasteiger partial charge in [-0.25, -0.2) is 0 Å². The number of aryl methyl sites for hydroxylation is 1. The van der Waals surface area contributed by atoms with Crippen LogP contribution in [0.25, 0.3) is 0 Å². The van der Waals surface area contributed by atoms with Crippen LogP contribution in [0.1, 0.15) is 35.7 Å². The van der Waals surface area contributed by atoms with Crippen molar-refractivity contribution in [1.82, 2.24) is 10.3 Å². The predicted octanol–water partition coefficient (Wildman–Crippen LogP) is 0.822. The molecule has 0 aliphatic rings. The van der Waals surface area contributed by atoms with E-state index in [1.165, 1.54) is 6.20 Å². The second-order valence-electron chi connectivity index (χ2n) is 4.36. The Hall–Kier alpha value is -1.62. The minimum absolute atomic E-state index is 0.110. The van der Waals surface area contributed by atoms with Crippen molar-refractivity contribution in [2.24, 2.45) is 5.92 Å². The van der Waals surface area contributed by atoms with Crippen LogP contribution in [0.15, 0.2) is 17.1 Å². The molecule has 0 saturated heterocycles. The molecule has 0 bridgehead atoms. The van der Waals surface area contributed by atoms with Gasteiger partial charge in [-0.15, -0.1) is 0 Å². The van der Waals surface area contributed by atoms with Crippen LogP contribution in [0.2, 0.25) is 0 Å². The van der Waals surface area contributed by atoms with Crippen molar-refractivity contribution in [3.05, 3.63) is 33.7 Å². The van der Waals surface area contributed by atoms with Crippen molar-refractivity contribution in [2.75, 3.05) is 13.2 Å². The fraction of sp³-hybridized carbons (Fsp3) is 0.538. The summed E-state index contributed by atoms with van der Waals surface area (Å²) in [6.07, 6.45) is 3.06. The van der Waals surface area contributed by atoms with Gasteiger partial charge in [0, 0.05) is 19.3 Å². The summed E-state index contributed by atoms with van der Waals surface area (Å²) in [6, 6.07) is 1.70. The summed E-state index contributed by atoms with van der Waals surface area (Å²) in [5, 5.41) is 11.6. The van der Waals surface area contributed by atoms with Gasteiger partial charge in [0.05, 0.1) is 0 Å². The lowest BCUT2D eigenvalue weighted by atomic mass is 10.0. The second kappa shape index (κ2) is 6.96. The highest BCUT2D eigenvalue weighted by Crippen LogP contribution is 2.06. The quantitative estimate of drug-likeness (QED) is 0.701. The van der Waals surface area contributed by atoms with Crippen LogP contribution in [-0.2, 0) is 0 Å². The molecule has 0 aliphatic carbocycles. The Morgan fingerprint density at radius 1 is 1.56 bits per heavy atom. The number of hydrogen-bond donors (Lipinski definition) is 3. The monoisotopic (exact) mass is 252 g/mol. The number of aliphatic hydroxyl groups excluding tert-OH is 1. The van der Waals surface area contributed by atoms with Crippen LogP contribution in [0, 0.1) is 12.8 Å². The highest BCUT2D eigenvalue weighted by Gasteiger charge is 2.14. The van der Waals surface area contributed by atoms with E-state index >= 15 is 0 Å². The van der Waals surface area contributed by atoms with Gasteiger partial charge in [0.2, 0.25) is 0 Å². The summed E-state index contributed by atoms with van der Waals surface area (Å²) >= 11 is 0. The summed E-state index contributed by atoms with van der Waals surface area (Å²) in [6.45, 7) is 4.32. The Kier molecular flexibility index (Phi) is 5.58. The zero-order chi connectivity index (χ0) is 13.5. The van der Waals surface area contributed by atoms with E-state index in [1.54, 1.807) is 13.0 Å². The predicted molar refractivity (Wildman–Crippen MR) is 69.6 cm³/mol. The van der Waals surface area contributed by atoms with Crippen LogP contribution in [0.4, 0.5) is 0 Å². The topological polar surface area (TPSA) is 82.2 Å². The van der Waals surface area contributed by atoms with Gasteiger partial charge in [0.15, 0.2) is 0 Å². The minimum Gasteiger partial charge on any atom is -0.396 e. The number of aromatic amines is 1. The SMILES string of the molecule is CCC(CCO)CNC(=O)c1c(C)cc[nH]c1=O. The molecule has 1 aromatic heterocycles. The van der Waals surface area contributed by atoms with Gasteiger partial charge in [0.25, 0.3) is 11.5 Å². The van der Waals surface area contributed by atoms with E-state index in [9.17, 15) is 9.59 Å². The molecule has 1 amide bonds. The smallest absolute Gasteiger partial charge is 0.261 e. The molecule has 0 spiro atoms. The Bertz CT molecular complexity index is 454. The van der Waals surface area contributed by atoms with Gasteiger partial charge in [-0.2, -0.15) is 0 Å². The zero-order valence-electron chi connectivity index (χ0n) is 10.8. The highest BCUT2D eigenvalue weighted by atomic mass is 16.3. The summed E-state index contributed by atoms with van der Waals surface area (Å²) in [7, 11) is 0. The number of hydrogen-bond acceptors (Lipinski definition) is 3. The molecule has 1 aromatic rings. The number of aliphatic hydroxyl groups is 1. The number of rotatable bonds is 6. The molecule has 5 heteroatoms. The Labute approximate surface area is 106 Å². The molecular formula is C13H20N2O3. The maximum Gasteiger partial charge on any atom is 0.261 e. The normalized spacial score (nSPS) is 12.2. The zero-order valence-corrected chi connectivity index (χ0v) is 10.8. The molecule has 0 fully saturated rings. The first-order valence-electron chi connectivity index (χ1n) is 6.17. The molecular weight excluding hydrogens is 232 g/mol. The molecule has 3 N–H and O–H groups in total. The van der Waals surface area contributed by atoms with Crippen LogP contribution in [0.3, 0.4) is 0 Å². The Morgan fingerprint density at radius 3 is 2.83 bits per heavy atom. The van der Waals surface area contributed by atoms with Gasteiger partial charge in [0.1, 0.15) is 5.56 Å². The molecule has 5 nitrogen and oxygen atoms in total. The lowest BCUT2D eigenvalue weighted by Crippen LogP contribution is -2.34. The minimum atomic E-state index is -0.372. The molecule has 0 aromatic carbocycles. The first kappa shape index (κ1) is 14.4. The van der Waals surface area contributed by atoms with Gasteiger partial charge >= 0.3 is 0 Å². The molecule has 1 unspecified atom stereocenters. The van der Waals surface area contributed by atoms with Crippen molar-refractivity contribution >= 4 is 5.91 Å². The third-order valence-electron chi connectivity index (χ3n) is 3.06.